The number of hydrogen-bond donors (Lipinski definition) is 3. The van der Waals surface area contributed by atoms with Gasteiger partial charge in [-0.1, -0.05) is 25.1 Å². The highest BCUT2D eigenvalue weighted by Crippen LogP contribution is 2.39. The van der Waals surface area contributed by atoms with Gasteiger partial charge >= 0.3 is 12.4 Å². The monoisotopic (exact) mass is 632 g/mol. The maximum absolute atomic E-state index is 13.0. The lowest BCUT2D eigenvalue weighted by atomic mass is 9.76. The van der Waals surface area contributed by atoms with Gasteiger partial charge in [0.1, 0.15) is 22.9 Å². The highest BCUT2D eigenvalue weighted by Gasteiger charge is 2.33. The van der Waals surface area contributed by atoms with Crippen molar-refractivity contribution in [3.63, 3.8) is 0 Å². The zero-order valence-corrected chi connectivity index (χ0v) is 23.5. The minimum absolute atomic E-state index is 0. The van der Waals surface area contributed by atoms with Gasteiger partial charge in [-0.2, -0.15) is 26.3 Å². The summed E-state index contributed by atoms with van der Waals surface area (Å²) in [6.45, 7) is 2.03. The second-order valence-electron chi connectivity index (χ2n) is 10.2. The molecule has 0 saturated carbocycles. The maximum atomic E-state index is 13.0. The number of fused-ring (bicyclic) bond motifs is 1. The number of aromatic nitrogens is 5. The Morgan fingerprint density at radius 1 is 0.932 bits per heavy atom. The first-order chi connectivity index (χ1) is 20.4. The zero-order chi connectivity index (χ0) is 30.4. The number of imidazole rings is 2. The molecule has 5 aromatic rings. The second kappa shape index (κ2) is 11.4. The number of benzene rings is 2. The molecule has 44 heavy (non-hydrogen) atoms. The van der Waals surface area contributed by atoms with Crippen molar-refractivity contribution in [1.29, 1.82) is 0 Å². The van der Waals surface area contributed by atoms with Gasteiger partial charge in [-0.3, -0.25) is 4.98 Å². The van der Waals surface area contributed by atoms with Crippen LogP contribution in [0.1, 0.15) is 30.2 Å². The lowest BCUT2D eigenvalue weighted by molar-refractivity contribution is -0.141. The molecular weight excluding hydrogens is 610 g/mol. The molecule has 2 aromatic carbocycles. The minimum Gasteiger partial charge on any atom is -0.458 e. The van der Waals surface area contributed by atoms with Crippen LogP contribution in [0, 0.1) is 0 Å². The van der Waals surface area contributed by atoms with Crippen LogP contribution in [0.5, 0.6) is 5.75 Å². The van der Waals surface area contributed by atoms with Crippen molar-refractivity contribution < 1.29 is 31.1 Å². The van der Waals surface area contributed by atoms with Gasteiger partial charge in [-0.25, -0.2) is 9.97 Å². The Labute approximate surface area is 252 Å². The van der Waals surface area contributed by atoms with Crippen molar-refractivity contribution in [2.75, 3.05) is 5.32 Å². The molecule has 3 heterocycles. The van der Waals surface area contributed by atoms with Crippen molar-refractivity contribution in [2.45, 2.75) is 31.1 Å². The molecular formula is C30H23ClF6N6O. The number of alkyl halides is 6. The normalized spacial score (nSPS) is 16.8. The Kier molecular flexibility index (Phi) is 7.93. The van der Waals surface area contributed by atoms with Crippen molar-refractivity contribution in [1.82, 2.24) is 24.9 Å². The average Bonchev–Trinajstić information content (AvgIpc) is 3.61. The fourth-order valence-electron chi connectivity index (χ4n) is 4.87. The molecule has 228 valence electrons. The van der Waals surface area contributed by atoms with Gasteiger partial charge in [-0.15, -0.1) is 12.4 Å². The molecule has 0 radical (unpaired) electrons. The molecule has 0 saturated heterocycles. The van der Waals surface area contributed by atoms with Gasteiger partial charge in [0, 0.05) is 23.4 Å². The van der Waals surface area contributed by atoms with E-state index in [9.17, 15) is 26.3 Å². The fourth-order valence-corrected chi connectivity index (χ4v) is 4.87. The largest absolute Gasteiger partial charge is 0.458 e. The quantitative estimate of drug-likeness (QED) is 0.163. The van der Waals surface area contributed by atoms with E-state index < -0.39 is 29.0 Å². The summed E-state index contributed by atoms with van der Waals surface area (Å²) in [6.07, 6.45) is -0.512. The van der Waals surface area contributed by atoms with E-state index in [4.69, 9.17) is 4.74 Å². The molecule has 0 amide bonds. The van der Waals surface area contributed by atoms with Crippen LogP contribution in [-0.2, 0) is 17.8 Å². The lowest BCUT2D eigenvalue weighted by Crippen LogP contribution is -2.22. The Morgan fingerprint density at radius 2 is 1.70 bits per heavy atom. The maximum Gasteiger partial charge on any atom is 0.432 e. The first-order valence-electron chi connectivity index (χ1n) is 13.0. The topological polar surface area (TPSA) is 91.5 Å². The van der Waals surface area contributed by atoms with E-state index in [0.717, 1.165) is 23.2 Å². The van der Waals surface area contributed by atoms with Crippen LogP contribution in [0.4, 0.5) is 38.0 Å². The second-order valence-corrected chi connectivity index (χ2v) is 10.2. The Morgan fingerprint density at radius 3 is 2.41 bits per heavy atom. The molecule has 1 aliphatic carbocycles. The van der Waals surface area contributed by atoms with Crippen LogP contribution in [0.15, 0.2) is 91.0 Å². The number of para-hydroxylation sites is 1. The standard InChI is InChI=1S/C30H22F6N6O.ClH/c1-28(21-5-2-6-22-25(21)42-27(40-22)39-18-9-7-17(8-10-18)29(31,32)33)12-3-4-20(15-28)43-19-11-13-37-23(14-19)26-38-16-24(41-26)30(34,35)36;/h2-11,13-16H,12H2,1H3,(H,38,41)(H2,39,40,42);1H. The molecule has 0 aliphatic heterocycles. The van der Waals surface area contributed by atoms with Crippen LogP contribution in [0.25, 0.3) is 22.6 Å². The van der Waals surface area contributed by atoms with E-state index in [1.807, 2.05) is 37.3 Å². The molecule has 0 bridgehead atoms. The van der Waals surface area contributed by atoms with E-state index in [1.165, 1.54) is 24.4 Å². The van der Waals surface area contributed by atoms with Crippen LogP contribution >= 0.6 is 12.4 Å². The predicted molar refractivity (Wildman–Crippen MR) is 155 cm³/mol. The summed E-state index contributed by atoms with van der Waals surface area (Å²) in [5, 5.41) is 3.02. The van der Waals surface area contributed by atoms with E-state index in [-0.39, 0.29) is 23.9 Å². The number of nitrogens with one attached hydrogen (secondary N) is 3. The van der Waals surface area contributed by atoms with Crippen molar-refractivity contribution in [3.05, 3.63) is 108 Å². The number of allylic oxidation sites excluding steroid dienone is 3. The number of halogens is 7. The smallest absolute Gasteiger partial charge is 0.432 e. The zero-order valence-electron chi connectivity index (χ0n) is 22.7. The van der Waals surface area contributed by atoms with Gasteiger partial charge < -0.3 is 20.0 Å². The van der Waals surface area contributed by atoms with E-state index in [0.29, 0.717) is 41.3 Å². The summed E-state index contributed by atoms with van der Waals surface area (Å²) in [5.41, 5.74) is 0.684. The molecule has 1 unspecified atom stereocenters. The number of anilines is 2. The van der Waals surface area contributed by atoms with E-state index in [2.05, 4.69) is 30.2 Å². The van der Waals surface area contributed by atoms with Crippen molar-refractivity contribution >= 4 is 35.1 Å². The first-order valence-corrected chi connectivity index (χ1v) is 13.0. The Balaban J connectivity index is 0.00000384. The highest BCUT2D eigenvalue weighted by atomic mass is 35.5. The summed E-state index contributed by atoms with van der Waals surface area (Å²) in [7, 11) is 0. The number of hydrogen-bond acceptors (Lipinski definition) is 5. The number of pyridine rings is 1. The Hall–Kier alpha value is -4.78. The first kappa shape index (κ1) is 30.7. The van der Waals surface area contributed by atoms with Crippen LogP contribution in [-0.4, -0.2) is 24.9 Å². The minimum atomic E-state index is -4.56. The summed E-state index contributed by atoms with van der Waals surface area (Å²) < 4.78 is 83.8. The number of nitrogens with zero attached hydrogens (tertiary/aromatic N) is 3. The summed E-state index contributed by atoms with van der Waals surface area (Å²) in [5.74, 6) is 1.20. The molecule has 7 nitrogen and oxygen atoms in total. The third-order valence-electron chi connectivity index (χ3n) is 6.98. The molecule has 1 aliphatic rings. The van der Waals surface area contributed by atoms with Crippen LogP contribution in [0.3, 0.4) is 0 Å². The van der Waals surface area contributed by atoms with Crippen molar-refractivity contribution in [3.8, 4) is 17.3 Å². The van der Waals surface area contributed by atoms with Crippen LogP contribution in [0.2, 0.25) is 0 Å². The molecule has 0 spiro atoms. The highest BCUT2D eigenvalue weighted by molar-refractivity contribution is 5.85. The molecule has 3 aromatic heterocycles. The van der Waals surface area contributed by atoms with Gasteiger partial charge in [0.25, 0.3) is 0 Å². The summed E-state index contributed by atoms with van der Waals surface area (Å²) in [4.78, 5) is 17.9. The number of aromatic amines is 2. The molecule has 6 rings (SSSR count). The lowest BCUT2D eigenvalue weighted by Gasteiger charge is -2.29. The number of rotatable bonds is 6. The fraction of sp³-hybridized carbons (Fsp3) is 0.167. The number of H-pyrrole nitrogens is 2. The average molecular weight is 633 g/mol. The third kappa shape index (κ3) is 6.27. The van der Waals surface area contributed by atoms with Crippen LogP contribution < -0.4 is 10.1 Å². The van der Waals surface area contributed by atoms with E-state index in [1.54, 1.807) is 12.1 Å². The predicted octanol–water partition coefficient (Wildman–Crippen LogP) is 8.73. The molecule has 0 fully saturated rings. The third-order valence-corrected chi connectivity index (χ3v) is 6.98. The number of ether oxygens (including phenoxy) is 1. The Bertz CT molecular complexity index is 1860. The molecule has 14 heteroatoms. The van der Waals surface area contributed by atoms with E-state index >= 15 is 0 Å². The summed E-state index contributed by atoms with van der Waals surface area (Å²) in [6, 6.07) is 13.4. The van der Waals surface area contributed by atoms with Crippen molar-refractivity contribution in [2.24, 2.45) is 0 Å². The molecule has 3 N–H and O–H groups in total. The van der Waals surface area contributed by atoms with Gasteiger partial charge in [-0.05, 0) is 60.5 Å². The van der Waals surface area contributed by atoms with Gasteiger partial charge in [0.05, 0.1) is 22.8 Å². The van der Waals surface area contributed by atoms with Gasteiger partial charge in [0.15, 0.2) is 5.82 Å². The molecule has 1 atom stereocenters. The van der Waals surface area contributed by atoms with Gasteiger partial charge in [0.2, 0.25) is 5.95 Å². The summed E-state index contributed by atoms with van der Waals surface area (Å²) >= 11 is 0. The SMILES string of the molecule is CC1(c2cccc3nc(Nc4ccc(C(F)(F)F)cc4)[nH]c23)C=C(Oc2ccnc(-c3ncc(C(F)(F)F)[nH]3)c2)C=CC1.Cl.